The maximum Gasteiger partial charge on any atom is 0.277 e. The Hall–Kier alpha value is -2.89. The molecule has 6 nitrogen and oxygen atoms in total. The van der Waals surface area contributed by atoms with Crippen LogP contribution >= 0.6 is 0 Å². The molecule has 1 aromatic carbocycles. The van der Waals surface area contributed by atoms with Gasteiger partial charge in [0, 0.05) is 18.0 Å². The van der Waals surface area contributed by atoms with Gasteiger partial charge in [0.05, 0.1) is 5.69 Å². The largest absolute Gasteiger partial charge is 0.368 e. The fraction of sp³-hybridized carbons (Fsp3) is 0.133. The van der Waals surface area contributed by atoms with Gasteiger partial charge in [0.25, 0.3) is 5.56 Å². The lowest BCUT2D eigenvalue weighted by Gasteiger charge is -2.01. The molecule has 21 heavy (non-hydrogen) atoms. The minimum atomic E-state index is -0.556. The molecule has 2 N–H and O–H groups in total. The van der Waals surface area contributed by atoms with Gasteiger partial charge in [-0.3, -0.25) is 9.59 Å². The molecule has 2 aromatic heterocycles. The van der Waals surface area contributed by atoms with Crippen molar-refractivity contribution in [2.75, 3.05) is 0 Å². The first-order valence-corrected chi connectivity index (χ1v) is 6.49. The Balaban J connectivity index is 2.12. The maximum absolute atomic E-state index is 12.3. The maximum atomic E-state index is 12.3. The smallest absolute Gasteiger partial charge is 0.277 e. The molecule has 3 rings (SSSR count). The van der Waals surface area contributed by atoms with E-state index in [1.54, 1.807) is 12.3 Å². The molecule has 0 saturated heterocycles. The molecule has 6 heteroatoms. The molecule has 0 saturated carbocycles. The third-order valence-corrected chi connectivity index (χ3v) is 3.28. The van der Waals surface area contributed by atoms with Crippen molar-refractivity contribution in [2.24, 2.45) is 5.73 Å². The van der Waals surface area contributed by atoms with Crippen LogP contribution in [0.2, 0.25) is 0 Å². The summed E-state index contributed by atoms with van der Waals surface area (Å²) in [7, 11) is 0. The van der Waals surface area contributed by atoms with E-state index < -0.39 is 5.91 Å². The molecule has 0 atom stereocenters. The van der Waals surface area contributed by atoms with Crippen molar-refractivity contribution < 1.29 is 4.79 Å². The van der Waals surface area contributed by atoms with Crippen molar-refractivity contribution in [3.63, 3.8) is 0 Å². The molecule has 106 valence electrons. The molecule has 0 radical (unpaired) electrons. The minimum absolute atomic E-state index is 0.139. The topological polar surface area (TPSA) is 82.4 Å². The van der Waals surface area contributed by atoms with Gasteiger partial charge in [0.1, 0.15) is 12.1 Å². The SMILES string of the molecule is Cc1ccc(-c2cc3c(=O)n(CC(N)=O)ccn3n2)cc1. The second kappa shape index (κ2) is 4.90. The fourth-order valence-electron chi connectivity index (χ4n) is 2.18. The first kappa shape index (κ1) is 13.1. The van der Waals surface area contributed by atoms with Crippen molar-refractivity contribution >= 4 is 11.4 Å². The van der Waals surface area contributed by atoms with Crippen LogP contribution in [0, 0.1) is 6.92 Å². The van der Waals surface area contributed by atoms with Crippen molar-refractivity contribution in [3.8, 4) is 11.3 Å². The lowest BCUT2D eigenvalue weighted by molar-refractivity contribution is -0.118. The summed E-state index contributed by atoms with van der Waals surface area (Å²) in [5.41, 5.74) is 8.05. The van der Waals surface area contributed by atoms with E-state index in [0.717, 1.165) is 11.1 Å². The molecule has 0 spiro atoms. The molecule has 3 aromatic rings. The van der Waals surface area contributed by atoms with Gasteiger partial charge in [-0.15, -0.1) is 0 Å². The summed E-state index contributed by atoms with van der Waals surface area (Å²) in [6.07, 6.45) is 3.14. The second-order valence-corrected chi connectivity index (χ2v) is 4.92. The number of hydrogen-bond acceptors (Lipinski definition) is 3. The molecule has 0 aliphatic carbocycles. The molecule has 0 aliphatic rings. The van der Waals surface area contributed by atoms with E-state index in [4.69, 9.17) is 5.73 Å². The predicted molar refractivity (Wildman–Crippen MR) is 78.8 cm³/mol. The number of aryl methyl sites for hydroxylation is 1. The molecule has 1 amide bonds. The quantitative estimate of drug-likeness (QED) is 0.776. The Labute approximate surface area is 120 Å². The number of aromatic nitrogens is 3. The number of amides is 1. The summed E-state index contributed by atoms with van der Waals surface area (Å²) in [6, 6.07) is 9.61. The summed E-state index contributed by atoms with van der Waals surface area (Å²) >= 11 is 0. The van der Waals surface area contributed by atoms with E-state index in [1.807, 2.05) is 31.2 Å². The van der Waals surface area contributed by atoms with Gasteiger partial charge in [-0.1, -0.05) is 29.8 Å². The normalized spacial score (nSPS) is 10.9. The number of nitrogens with zero attached hydrogens (tertiary/aromatic N) is 3. The number of carbonyl (C=O) groups is 1. The fourth-order valence-corrected chi connectivity index (χ4v) is 2.18. The van der Waals surface area contributed by atoms with Crippen LogP contribution in [0.1, 0.15) is 5.56 Å². The zero-order chi connectivity index (χ0) is 15.0. The Kier molecular flexibility index (Phi) is 3.06. The number of fused-ring (bicyclic) bond motifs is 1. The minimum Gasteiger partial charge on any atom is -0.368 e. The van der Waals surface area contributed by atoms with Gasteiger partial charge >= 0.3 is 0 Å². The van der Waals surface area contributed by atoms with E-state index in [1.165, 1.54) is 15.3 Å². The number of carbonyl (C=O) groups excluding carboxylic acids is 1. The zero-order valence-corrected chi connectivity index (χ0v) is 11.5. The Bertz CT molecular complexity index is 875. The van der Waals surface area contributed by atoms with Crippen LogP contribution in [-0.4, -0.2) is 20.1 Å². The van der Waals surface area contributed by atoms with Crippen LogP contribution in [0.4, 0.5) is 0 Å². The van der Waals surface area contributed by atoms with E-state index >= 15 is 0 Å². The van der Waals surface area contributed by atoms with E-state index in [9.17, 15) is 9.59 Å². The number of primary amides is 1. The lowest BCUT2D eigenvalue weighted by Crippen LogP contribution is -2.28. The molecule has 2 heterocycles. The average Bonchev–Trinajstić information content (AvgIpc) is 2.87. The molecular weight excluding hydrogens is 268 g/mol. The lowest BCUT2D eigenvalue weighted by atomic mass is 10.1. The van der Waals surface area contributed by atoms with Crippen molar-refractivity contribution in [1.29, 1.82) is 0 Å². The molecule has 0 unspecified atom stereocenters. The van der Waals surface area contributed by atoms with Gasteiger partial charge in [-0.25, -0.2) is 4.52 Å². The predicted octanol–water partition coefficient (Wildman–Crippen LogP) is 0.957. The van der Waals surface area contributed by atoms with E-state index in [2.05, 4.69) is 5.10 Å². The third-order valence-electron chi connectivity index (χ3n) is 3.28. The van der Waals surface area contributed by atoms with Gasteiger partial charge < -0.3 is 10.3 Å². The van der Waals surface area contributed by atoms with Crippen LogP contribution in [0.25, 0.3) is 16.8 Å². The molecular formula is C15H14N4O2. The van der Waals surface area contributed by atoms with E-state index in [0.29, 0.717) is 11.2 Å². The monoisotopic (exact) mass is 282 g/mol. The molecule has 0 fully saturated rings. The third kappa shape index (κ3) is 2.43. The highest BCUT2D eigenvalue weighted by molar-refractivity contribution is 5.73. The average molecular weight is 282 g/mol. The van der Waals surface area contributed by atoms with Crippen molar-refractivity contribution in [1.82, 2.24) is 14.2 Å². The highest BCUT2D eigenvalue weighted by Crippen LogP contribution is 2.18. The number of hydrogen-bond donors (Lipinski definition) is 1. The number of nitrogens with two attached hydrogens (primary N) is 1. The van der Waals surface area contributed by atoms with Crippen LogP contribution in [-0.2, 0) is 11.3 Å². The molecule has 0 aliphatic heterocycles. The van der Waals surface area contributed by atoms with Gasteiger partial charge in [-0.2, -0.15) is 5.10 Å². The van der Waals surface area contributed by atoms with Crippen LogP contribution in [0.3, 0.4) is 0 Å². The summed E-state index contributed by atoms with van der Waals surface area (Å²) in [4.78, 5) is 23.2. The molecule has 0 bridgehead atoms. The van der Waals surface area contributed by atoms with Crippen LogP contribution < -0.4 is 11.3 Å². The van der Waals surface area contributed by atoms with Crippen molar-refractivity contribution in [3.05, 3.63) is 58.6 Å². The van der Waals surface area contributed by atoms with E-state index in [-0.39, 0.29) is 12.1 Å². The Morgan fingerprint density at radius 2 is 1.95 bits per heavy atom. The van der Waals surface area contributed by atoms with Gasteiger partial charge in [-0.05, 0) is 13.0 Å². The summed E-state index contributed by atoms with van der Waals surface area (Å²) < 4.78 is 2.79. The van der Waals surface area contributed by atoms with Crippen LogP contribution in [0.5, 0.6) is 0 Å². The highest BCUT2D eigenvalue weighted by Gasteiger charge is 2.09. The second-order valence-electron chi connectivity index (χ2n) is 4.92. The van der Waals surface area contributed by atoms with Crippen LogP contribution in [0.15, 0.2) is 47.5 Å². The Morgan fingerprint density at radius 3 is 2.62 bits per heavy atom. The first-order chi connectivity index (χ1) is 10.0. The summed E-state index contributed by atoms with van der Waals surface area (Å²) in [6.45, 7) is 1.87. The Morgan fingerprint density at radius 1 is 1.24 bits per heavy atom. The van der Waals surface area contributed by atoms with Crippen molar-refractivity contribution in [2.45, 2.75) is 13.5 Å². The standard InChI is InChI=1S/C15H14N4O2/c1-10-2-4-11(5-3-10)12-8-13-15(21)18(9-14(16)20)6-7-19(13)17-12/h2-8H,9H2,1H3,(H2,16,20). The zero-order valence-electron chi connectivity index (χ0n) is 11.5. The number of rotatable bonds is 3. The van der Waals surface area contributed by atoms with Gasteiger partial charge in [0.15, 0.2) is 0 Å². The number of benzene rings is 1. The highest BCUT2D eigenvalue weighted by atomic mass is 16.2. The van der Waals surface area contributed by atoms with Gasteiger partial charge in [0.2, 0.25) is 5.91 Å². The first-order valence-electron chi connectivity index (χ1n) is 6.49. The summed E-state index contributed by atoms with van der Waals surface area (Å²) in [5.74, 6) is -0.556. The summed E-state index contributed by atoms with van der Waals surface area (Å²) in [5, 5.41) is 4.38.